The standard InChI is InChI=1S/C22H32O3/c1-13-11-19-17-6-5-15-12-16(25-14(2)23)7-9-21(15,3)18(17)8-10-22(19,4)20(13)24/h5,13,16-19H,6-12H2,1-4H3/t13-,16-,17?,18?,19?,21-,22-/m0/s1. The molecule has 4 rings (SSSR count). The molecule has 0 bridgehead atoms. The Bertz CT molecular complexity index is 635. The molecule has 4 aliphatic rings. The molecule has 4 aliphatic carbocycles. The molecule has 0 aromatic rings. The van der Waals surface area contributed by atoms with E-state index in [0.29, 0.717) is 23.5 Å². The van der Waals surface area contributed by atoms with Crippen molar-refractivity contribution < 1.29 is 14.3 Å². The van der Waals surface area contributed by atoms with E-state index in [-0.39, 0.29) is 28.8 Å². The average molecular weight is 344 g/mol. The van der Waals surface area contributed by atoms with Crippen LogP contribution in [0, 0.1) is 34.5 Å². The Kier molecular flexibility index (Phi) is 3.94. The van der Waals surface area contributed by atoms with Gasteiger partial charge >= 0.3 is 5.97 Å². The Morgan fingerprint density at radius 1 is 1.16 bits per heavy atom. The van der Waals surface area contributed by atoms with Gasteiger partial charge in [-0.2, -0.15) is 0 Å². The number of allylic oxidation sites excluding steroid dienone is 1. The number of esters is 1. The van der Waals surface area contributed by atoms with Crippen LogP contribution in [-0.4, -0.2) is 17.9 Å². The lowest BCUT2D eigenvalue weighted by Crippen LogP contribution is -2.50. The van der Waals surface area contributed by atoms with Gasteiger partial charge in [-0.05, 0) is 61.7 Å². The van der Waals surface area contributed by atoms with Gasteiger partial charge in [-0.1, -0.05) is 32.4 Å². The molecule has 0 aromatic carbocycles. The number of rotatable bonds is 1. The molecule has 0 spiro atoms. The van der Waals surface area contributed by atoms with Gasteiger partial charge in [0, 0.05) is 24.7 Å². The third kappa shape index (κ3) is 2.44. The molecule has 0 amide bonds. The van der Waals surface area contributed by atoms with Gasteiger partial charge in [-0.15, -0.1) is 0 Å². The lowest BCUT2D eigenvalue weighted by molar-refractivity contribution is -0.148. The molecule has 3 fully saturated rings. The smallest absolute Gasteiger partial charge is 0.302 e. The highest BCUT2D eigenvalue weighted by Crippen LogP contribution is 2.64. The Hall–Kier alpha value is -1.12. The fourth-order valence-corrected chi connectivity index (χ4v) is 7.07. The van der Waals surface area contributed by atoms with E-state index < -0.39 is 0 Å². The molecule has 0 aliphatic heterocycles. The highest BCUT2D eigenvalue weighted by molar-refractivity contribution is 5.89. The van der Waals surface area contributed by atoms with Crippen molar-refractivity contribution in [3.63, 3.8) is 0 Å². The first-order chi connectivity index (χ1) is 11.8. The van der Waals surface area contributed by atoms with Crippen LogP contribution < -0.4 is 0 Å². The summed E-state index contributed by atoms with van der Waals surface area (Å²) in [5.41, 5.74) is 1.69. The van der Waals surface area contributed by atoms with Crippen LogP contribution in [0.25, 0.3) is 0 Å². The maximum absolute atomic E-state index is 12.8. The third-order valence-electron chi connectivity index (χ3n) is 8.40. The number of hydrogen-bond donors (Lipinski definition) is 0. The minimum Gasteiger partial charge on any atom is -0.462 e. The summed E-state index contributed by atoms with van der Waals surface area (Å²) in [5.74, 6) is 2.53. The van der Waals surface area contributed by atoms with Crippen molar-refractivity contribution >= 4 is 11.8 Å². The molecule has 3 nitrogen and oxygen atoms in total. The van der Waals surface area contributed by atoms with Gasteiger partial charge in [0.25, 0.3) is 0 Å². The molecule has 0 saturated heterocycles. The Morgan fingerprint density at radius 2 is 1.88 bits per heavy atom. The summed E-state index contributed by atoms with van der Waals surface area (Å²) >= 11 is 0. The van der Waals surface area contributed by atoms with E-state index in [9.17, 15) is 9.59 Å². The first-order valence-corrected chi connectivity index (χ1v) is 10.2. The average Bonchev–Trinajstić information content (AvgIpc) is 2.78. The van der Waals surface area contributed by atoms with Gasteiger partial charge in [-0.3, -0.25) is 9.59 Å². The number of carbonyl (C=O) groups excluding carboxylic acids is 2. The number of ketones is 1. The SMILES string of the molecule is CC(=O)O[C@H]1CC[C@@]2(C)C(=CCC3C2CC[C@]2(C)C(=O)[C@@H](C)CC32)C1. The minimum atomic E-state index is -0.158. The topological polar surface area (TPSA) is 43.4 Å². The van der Waals surface area contributed by atoms with Crippen LogP contribution >= 0.6 is 0 Å². The van der Waals surface area contributed by atoms with Crippen LogP contribution in [0.2, 0.25) is 0 Å². The summed E-state index contributed by atoms with van der Waals surface area (Å²) in [6, 6.07) is 0. The van der Waals surface area contributed by atoms with Gasteiger partial charge in [0.15, 0.2) is 0 Å². The van der Waals surface area contributed by atoms with Crippen molar-refractivity contribution in [3.8, 4) is 0 Å². The molecule has 25 heavy (non-hydrogen) atoms. The number of carbonyl (C=O) groups is 2. The van der Waals surface area contributed by atoms with Crippen LogP contribution in [0.4, 0.5) is 0 Å². The molecule has 3 heteroatoms. The zero-order valence-corrected chi connectivity index (χ0v) is 16.1. The third-order valence-corrected chi connectivity index (χ3v) is 8.40. The predicted molar refractivity (Wildman–Crippen MR) is 96.8 cm³/mol. The van der Waals surface area contributed by atoms with Crippen molar-refractivity contribution in [2.45, 2.75) is 78.7 Å². The number of ether oxygens (including phenoxy) is 1. The van der Waals surface area contributed by atoms with E-state index in [1.165, 1.54) is 18.9 Å². The van der Waals surface area contributed by atoms with Crippen molar-refractivity contribution in [1.82, 2.24) is 0 Å². The normalized spacial score (nSPS) is 48.9. The van der Waals surface area contributed by atoms with Gasteiger partial charge in [-0.25, -0.2) is 0 Å². The highest BCUT2D eigenvalue weighted by Gasteiger charge is 2.60. The summed E-state index contributed by atoms with van der Waals surface area (Å²) in [6.45, 7) is 8.34. The lowest BCUT2D eigenvalue weighted by atomic mass is 9.48. The van der Waals surface area contributed by atoms with Gasteiger partial charge in [0.1, 0.15) is 11.9 Å². The molecule has 138 valence electrons. The zero-order chi connectivity index (χ0) is 18.0. The first kappa shape index (κ1) is 17.3. The molecule has 0 aromatic heterocycles. The maximum Gasteiger partial charge on any atom is 0.302 e. The summed E-state index contributed by atoms with van der Waals surface area (Å²) in [7, 11) is 0. The van der Waals surface area contributed by atoms with E-state index in [1.807, 2.05) is 0 Å². The monoisotopic (exact) mass is 344 g/mol. The van der Waals surface area contributed by atoms with E-state index in [1.54, 1.807) is 0 Å². The molecule has 0 N–H and O–H groups in total. The number of hydrogen-bond acceptors (Lipinski definition) is 3. The summed E-state index contributed by atoms with van der Waals surface area (Å²) in [6.07, 6.45) is 9.98. The number of Topliss-reactive ketones (excluding diaryl/α,β-unsaturated/α-hetero) is 1. The van der Waals surface area contributed by atoms with E-state index in [2.05, 4.69) is 26.8 Å². The minimum absolute atomic E-state index is 0.0651. The highest BCUT2D eigenvalue weighted by atomic mass is 16.5. The van der Waals surface area contributed by atoms with Crippen LogP contribution in [0.15, 0.2) is 11.6 Å². The zero-order valence-electron chi connectivity index (χ0n) is 16.1. The fraction of sp³-hybridized carbons (Fsp3) is 0.818. The number of fused-ring (bicyclic) bond motifs is 5. The van der Waals surface area contributed by atoms with E-state index >= 15 is 0 Å². The molecule has 0 heterocycles. The summed E-state index contributed by atoms with van der Waals surface area (Å²) in [5, 5.41) is 0. The van der Waals surface area contributed by atoms with Gasteiger partial charge in [0.2, 0.25) is 0 Å². The van der Waals surface area contributed by atoms with Crippen molar-refractivity contribution in [1.29, 1.82) is 0 Å². The molecule has 3 saturated carbocycles. The molecular formula is C22H32O3. The Balaban J connectivity index is 1.61. The Labute approximate surface area is 151 Å². The molecule has 0 radical (unpaired) electrons. The molecule has 3 unspecified atom stereocenters. The van der Waals surface area contributed by atoms with Gasteiger partial charge in [0.05, 0.1) is 0 Å². The molecule has 7 atom stereocenters. The second-order valence-electron chi connectivity index (χ2n) is 9.69. The maximum atomic E-state index is 12.8. The van der Waals surface area contributed by atoms with Crippen LogP contribution in [-0.2, 0) is 14.3 Å². The predicted octanol–water partition coefficient (Wildman–Crippen LogP) is 4.70. The molecular weight excluding hydrogens is 312 g/mol. The quantitative estimate of drug-likeness (QED) is 0.512. The van der Waals surface area contributed by atoms with Crippen molar-refractivity contribution in [2.75, 3.05) is 0 Å². The second kappa shape index (κ2) is 5.69. The fourth-order valence-electron chi connectivity index (χ4n) is 7.07. The largest absolute Gasteiger partial charge is 0.462 e. The summed E-state index contributed by atoms with van der Waals surface area (Å²) in [4.78, 5) is 24.1. The van der Waals surface area contributed by atoms with E-state index in [4.69, 9.17) is 4.74 Å². The Morgan fingerprint density at radius 3 is 2.60 bits per heavy atom. The first-order valence-electron chi connectivity index (χ1n) is 10.2. The van der Waals surface area contributed by atoms with Crippen molar-refractivity contribution in [2.24, 2.45) is 34.5 Å². The van der Waals surface area contributed by atoms with Gasteiger partial charge < -0.3 is 4.74 Å². The van der Waals surface area contributed by atoms with Crippen LogP contribution in [0.1, 0.15) is 72.6 Å². The second-order valence-corrected chi connectivity index (χ2v) is 9.69. The lowest BCUT2D eigenvalue weighted by Gasteiger charge is -2.56. The van der Waals surface area contributed by atoms with Crippen LogP contribution in [0.3, 0.4) is 0 Å². The summed E-state index contributed by atoms with van der Waals surface area (Å²) < 4.78 is 5.51. The van der Waals surface area contributed by atoms with Crippen molar-refractivity contribution in [3.05, 3.63) is 11.6 Å². The van der Waals surface area contributed by atoms with E-state index in [0.717, 1.165) is 38.5 Å². The van der Waals surface area contributed by atoms with Crippen LogP contribution in [0.5, 0.6) is 0 Å².